The van der Waals surface area contributed by atoms with Crippen LogP contribution in [-0.4, -0.2) is 22.6 Å². The van der Waals surface area contributed by atoms with E-state index in [0.717, 1.165) is 11.1 Å². The molecule has 0 aliphatic heterocycles. The van der Waals surface area contributed by atoms with Crippen LogP contribution in [0.4, 0.5) is 0 Å². The lowest BCUT2D eigenvalue weighted by atomic mass is 10.1. The minimum atomic E-state index is -0.855. The fourth-order valence-corrected chi connectivity index (χ4v) is 2.19. The van der Waals surface area contributed by atoms with Gasteiger partial charge in [0.1, 0.15) is 0 Å². The van der Waals surface area contributed by atoms with Gasteiger partial charge < -0.3 is 10.2 Å². The maximum Gasteiger partial charge on any atom is 0.312 e. The van der Waals surface area contributed by atoms with Crippen molar-refractivity contribution in [2.24, 2.45) is 0 Å². The Morgan fingerprint density at radius 2 is 1.94 bits per heavy atom. The van der Waals surface area contributed by atoms with Gasteiger partial charge in [-0.2, -0.15) is 0 Å². The number of hydrogen-bond acceptors (Lipinski definition) is 2. The van der Waals surface area contributed by atoms with E-state index in [1.165, 1.54) is 0 Å². The van der Waals surface area contributed by atoms with Gasteiger partial charge in [-0.05, 0) is 27.6 Å². The summed E-state index contributed by atoms with van der Waals surface area (Å²) in [5.74, 6) is -0.983. The van der Waals surface area contributed by atoms with E-state index in [-0.39, 0.29) is 14.6 Å². The monoisotopic (exact) mass is 267 g/mol. The maximum atomic E-state index is 11.6. The second-order valence-corrected chi connectivity index (χ2v) is 5.39. The number of benzene rings is 1. The fourth-order valence-electron chi connectivity index (χ4n) is 1.44. The van der Waals surface area contributed by atoms with Gasteiger partial charge in [-0.1, -0.05) is 36.8 Å². The molecule has 0 aliphatic rings. The van der Waals surface area contributed by atoms with Crippen LogP contribution in [0.2, 0.25) is 0 Å². The highest BCUT2D eigenvalue weighted by Crippen LogP contribution is 2.18. The van der Waals surface area contributed by atoms with E-state index in [0.29, 0.717) is 12.8 Å². The van der Waals surface area contributed by atoms with Crippen LogP contribution in [0.25, 0.3) is 0 Å². The Kier molecular flexibility index (Phi) is 5.79. The van der Waals surface area contributed by atoms with Crippen LogP contribution >= 0.6 is 8.73 Å². The Bertz CT molecular complexity index is 417. The molecule has 1 amide bonds. The Hall–Kier alpha value is -1.41. The molecule has 0 bridgehead atoms. The summed E-state index contributed by atoms with van der Waals surface area (Å²) in [6.07, 6.45) is 0.821. The molecule has 18 heavy (non-hydrogen) atoms. The summed E-state index contributed by atoms with van der Waals surface area (Å²) >= 11 is 0. The van der Waals surface area contributed by atoms with Crippen LogP contribution in [0.1, 0.15) is 24.5 Å². The van der Waals surface area contributed by atoms with E-state index in [9.17, 15) is 9.59 Å². The molecular weight excluding hydrogens is 249 g/mol. The van der Waals surface area contributed by atoms with Crippen LogP contribution < -0.4 is 5.09 Å². The summed E-state index contributed by atoms with van der Waals surface area (Å²) in [4.78, 5) is 22.4. The van der Waals surface area contributed by atoms with E-state index >= 15 is 0 Å². The first-order valence-electron chi connectivity index (χ1n) is 5.85. The molecule has 0 aromatic heterocycles. The normalized spacial score (nSPS) is 12.6. The Labute approximate surface area is 109 Å². The number of aliphatic carboxylic acids is 1. The number of carboxylic acid groups (broad SMARTS) is 1. The average Bonchev–Trinajstić information content (AvgIpc) is 2.32. The minimum Gasteiger partial charge on any atom is -0.481 e. The van der Waals surface area contributed by atoms with Gasteiger partial charge >= 0.3 is 5.97 Å². The Morgan fingerprint density at radius 3 is 2.44 bits per heavy atom. The van der Waals surface area contributed by atoms with Crippen molar-refractivity contribution in [3.8, 4) is 0 Å². The molecule has 2 N–H and O–H groups in total. The summed E-state index contributed by atoms with van der Waals surface area (Å²) in [5, 5.41) is 11.5. The van der Waals surface area contributed by atoms with Crippen LogP contribution in [0, 0.1) is 6.92 Å². The minimum absolute atomic E-state index is 0.0657. The average molecular weight is 267 g/mol. The third-order valence-corrected chi connectivity index (χ3v) is 4.00. The van der Waals surface area contributed by atoms with Crippen molar-refractivity contribution in [3.63, 3.8) is 0 Å². The van der Waals surface area contributed by atoms with Gasteiger partial charge in [0.15, 0.2) is 0 Å². The highest BCUT2D eigenvalue weighted by Gasteiger charge is 2.15. The Balaban J connectivity index is 2.42. The standard InChI is InChI=1S/C13H18NO3P/c1-3-11(13(16)17)18-14-12(15)8-10-6-4-9(2)5-7-10/h4-7,11,18H,3,8H2,1-2H3,(H,14,15)(H,16,17). The molecule has 0 saturated carbocycles. The molecule has 1 rings (SSSR count). The number of carbonyl (C=O) groups is 2. The molecule has 5 heteroatoms. The third-order valence-electron chi connectivity index (χ3n) is 2.58. The van der Waals surface area contributed by atoms with Crippen LogP contribution in [0.15, 0.2) is 24.3 Å². The first-order valence-corrected chi connectivity index (χ1v) is 6.93. The molecule has 0 spiro atoms. The quantitative estimate of drug-likeness (QED) is 0.776. The molecule has 2 atom stereocenters. The van der Waals surface area contributed by atoms with Crippen molar-refractivity contribution in [1.29, 1.82) is 0 Å². The second-order valence-electron chi connectivity index (χ2n) is 4.15. The van der Waals surface area contributed by atoms with E-state index in [4.69, 9.17) is 5.11 Å². The fraction of sp³-hybridized carbons (Fsp3) is 0.385. The van der Waals surface area contributed by atoms with Crippen molar-refractivity contribution >= 4 is 20.6 Å². The highest BCUT2D eigenvalue weighted by atomic mass is 31.1. The van der Waals surface area contributed by atoms with Gasteiger partial charge in [-0.25, -0.2) is 0 Å². The first-order chi connectivity index (χ1) is 8.52. The van der Waals surface area contributed by atoms with Crippen molar-refractivity contribution in [3.05, 3.63) is 35.4 Å². The van der Waals surface area contributed by atoms with E-state index in [1.54, 1.807) is 6.92 Å². The molecule has 0 radical (unpaired) electrons. The molecule has 98 valence electrons. The summed E-state index contributed by atoms with van der Waals surface area (Å²) in [5.41, 5.74) is 1.61. The molecule has 0 saturated heterocycles. The van der Waals surface area contributed by atoms with Crippen molar-refractivity contribution in [2.75, 3.05) is 0 Å². The van der Waals surface area contributed by atoms with Crippen molar-refractivity contribution in [2.45, 2.75) is 32.3 Å². The molecule has 0 aliphatic carbocycles. The maximum absolute atomic E-state index is 11.6. The number of carbonyl (C=O) groups excluding carboxylic acids is 1. The molecular formula is C13H18NO3P. The lowest BCUT2D eigenvalue weighted by Crippen LogP contribution is -2.23. The van der Waals surface area contributed by atoms with Gasteiger partial charge in [0.25, 0.3) is 0 Å². The van der Waals surface area contributed by atoms with Crippen LogP contribution in [-0.2, 0) is 16.0 Å². The number of nitrogens with one attached hydrogen (secondary N) is 1. The molecule has 1 aromatic carbocycles. The van der Waals surface area contributed by atoms with Crippen molar-refractivity contribution in [1.82, 2.24) is 5.09 Å². The third kappa shape index (κ3) is 4.84. The highest BCUT2D eigenvalue weighted by molar-refractivity contribution is 7.38. The lowest BCUT2D eigenvalue weighted by molar-refractivity contribution is -0.136. The van der Waals surface area contributed by atoms with Gasteiger partial charge in [0.05, 0.1) is 12.1 Å². The van der Waals surface area contributed by atoms with Crippen LogP contribution in [0.5, 0.6) is 0 Å². The largest absolute Gasteiger partial charge is 0.481 e. The summed E-state index contributed by atoms with van der Waals surface area (Å²) < 4.78 is 0. The van der Waals surface area contributed by atoms with Gasteiger partial charge in [0.2, 0.25) is 5.91 Å². The van der Waals surface area contributed by atoms with E-state index < -0.39 is 11.6 Å². The number of carboxylic acids is 1. The number of aryl methyl sites for hydroxylation is 1. The predicted octanol–water partition coefficient (Wildman–Crippen LogP) is 2.11. The zero-order valence-electron chi connectivity index (χ0n) is 10.6. The van der Waals surface area contributed by atoms with E-state index in [1.807, 2.05) is 31.2 Å². The zero-order chi connectivity index (χ0) is 13.5. The van der Waals surface area contributed by atoms with Gasteiger partial charge in [0, 0.05) is 0 Å². The first kappa shape index (κ1) is 14.7. The molecule has 0 fully saturated rings. The summed E-state index contributed by atoms with van der Waals surface area (Å²) in [7, 11) is -0.0657. The number of hydrogen-bond donors (Lipinski definition) is 2. The topological polar surface area (TPSA) is 66.4 Å². The zero-order valence-corrected chi connectivity index (χ0v) is 11.6. The SMILES string of the molecule is CCC(PNC(=O)Cc1ccc(C)cc1)C(=O)O. The lowest BCUT2D eigenvalue weighted by Gasteiger charge is -2.11. The van der Waals surface area contributed by atoms with E-state index in [2.05, 4.69) is 5.09 Å². The molecule has 0 heterocycles. The molecule has 1 aromatic rings. The van der Waals surface area contributed by atoms with Crippen LogP contribution in [0.3, 0.4) is 0 Å². The predicted molar refractivity (Wildman–Crippen MR) is 73.1 cm³/mol. The van der Waals surface area contributed by atoms with Gasteiger partial charge in [-0.15, -0.1) is 0 Å². The number of amides is 1. The number of rotatable bonds is 6. The van der Waals surface area contributed by atoms with Crippen molar-refractivity contribution < 1.29 is 14.7 Å². The molecule has 4 nitrogen and oxygen atoms in total. The molecule has 2 unspecified atom stereocenters. The van der Waals surface area contributed by atoms with Gasteiger partial charge in [-0.3, -0.25) is 9.59 Å². The second kappa shape index (κ2) is 7.12. The summed E-state index contributed by atoms with van der Waals surface area (Å²) in [6, 6.07) is 7.73. The smallest absolute Gasteiger partial charge is 0.312 e. The summed E-state index contributed by atoms with van der Waals surface area (Å²) in [6.45, 7) is 3.79. The Morgan fingerprint density at radius 1 is 1.33 bits per heavy atom.